The number of rotatable bonds is 3. The predicted molar refractivity (Wildman–Crippen MR) is 169 cm³/mol. The van der Waals surface area contributed by atoms with Gasteiger partial charge in [-0.15, -0.1) is 0 Å². The second kappa shape index (κ2) is 8.30. The molecule has 4 heterocycles. The minimum absolute atomic E-state index is 0.113. The number of aromatic nitrogens is 2. The van der Waals surface area contributed by atoms with Crippen LogP contribution in [0.5, 0.6) is 0 Å². The minimum Gasteiger partial charge on any atom is -0.438 e. The fourth-order valence-corrected chi connectivity index (χ4v) is 6.82. The summed E-state index contributed by atoms with van der Waals surface area (Å²) in [6.07, 6.45) is 3.53. The van der Waals surface area contributed by atoms with E-state index in [-0.39, 0.29) is 5.41 Å². The van der Waals surface area contributed by atoms with Crippen LogP contribution in [0.15, 0.2) is 124 Å². The van der Waals surface area contributed by atoms with Gasteiger partial charge in [-0.3, -0.25) is 0 Å². The minimum atomic E-state index is -0.113. The van der Waals surface area contributed by atoms with Crippen molar-refractivity contribution in [2.75, 3.05) is 4.90 Å². The molecular weight excluding hydrogens is 518 g/mol. The molecule has 0 saturated heterocycles. The van der Waals surface area contributed by atoms with E-state index in [9.17, 15) is 0 Å². The van der Waals surface area contributed by atoms with Gasteiger partial charge < -0.3 is 13.7 Å². The Kier molecular flexibility index (Phi) is 4.61. The van der Waals surface area contributed by atoms with E-state index >= 15 is 0 Å². The van der Waals surface area contributed by atoms with Crippen molar-refractivity contribution in [3.8, 4) is 11.1 Å². The van der Waals surface area contributed by atoms with Gasteiger partial charge in [-0.25, -0.2) is 9.97 Å². The third-order valence-electron chi connectivity index (χ3n) is 8.81. The molecule has 0 fully saturated rings. The number of nitrogens with zero attached hydrogens (tertiary/aromatic N) is 3. The monoisotopic (exact) mass is 543 g/mol. The molecule has 5 nitrogen and oxygen atoms in total. The van der Waals surface area contributed by atoms with Crippen LogP contribution in [0.3, 0.4) is 0 Å². The SMILES string of the molecule is CC1(C)c2ccccc2-c2c(N(c3ccc4c(c3)oc3ncccc34)c3ccc4oc5ncccc5c4c3)cccc21. The summed E-state index contributed by atoms with van der Waals surface area (Å²) in [5.41, 5.74) is 11.1. The number of hydrogen-bond donors (Lipinski definition) is 0. The molecule has 0 spiro atoms. The number of benzene rings is 4. The molecule has 0 aliphatic heterocycles. The van der Waals surface area contributed by atoms with Gasteiger partial charge in [0.15, 0.2) is 0 Å². The molecule has 4 aromatic heterocycles. The van der Waals surface area contributed by atoms with Gasteiger partial charge in [0.1, 0.15) is 11.2 Å². The quantitative estimate of drug-likeness (QED) is 0.222. The molecule has 0 unspecified atom stereocenters. The summed E-state index contributed by atoms with van der Waals surface area (Å²) in [6, 6.07) is 36.3. The summed E-state index contributed by atoms with van der Waals surface area (Å²) < 4.78 is 12.3. The first-order valence-electron chi connectivity index (χ1n) is 14.2. The van der Waals surface area contributed by atoms with Crippen LogP contribution >= 0.6 is 0 Å². The van der Waals surface area contributed by atoms with Gasteiger partial charge in [-0.05, 0) is 77.4 Å². The van der Waals surface area contributed by atoms with Crippen LogP contribution in [-0.2, 0) is 5.41 Å². The van der Waals surface area contributed by atoms with Crippen LogP contribution in [0, 0.1) is 0 Å². The molecule has 0 N–H and O–H groups in total. The van der Waals surface area contributed by atoms with Gasteiger partial charge in [-0.1, -0.05) is 50.2 Å². The van der Waals surface area contributed by atoms with E-state index in [1.54, 1.807) is 12.4 Å². The maximum atomic E-state index is 6.25. The molecule has 1 aliphatic rings. The van der Waals surface area contributed by atoms with Crippen LogP contribution < -0.4 is 4.90 Å². The topological polar surface area (TPSA) is 55.3 Å². The third kappa shape index (κ3) is 3.13. The standard InChI is InChI=1S/C37H25N3O2/c1-37(2)29-11-4-3-8-27(29)34-30(37)12-5-13-31(34)40(22-15-17-32-28(20-22)26-10-7-19-39-36(26)41-32)23-14-16-24-25-9-6-18-38-35(25)42-33(24)21-23/h3-21H,1-2H3. The zero-order chi connectivity index (χ0) is 28.0. The van der Waals surface area contributed by atoms with Gasteiger partial charge in [0.05, 0.1) is 5.69 Å². The average molecular weight is 544 g/mol. The summed E-state index contributed by atoms with van der Waals surface area (Å²) in [5.74, 6) is 0. The Morgan fingerprint density at radius 3 is 2.10 bits per heavy atom. The summed E-state index contributed by atoms with van der Waals surface area (Å²) in [6.45, 7) is 4.63. The van der Waals surface area contributed by atoms with E-state index in [2.05, 4.69) is 114 Å². The van der Waals surface area contributed by atoms with Crippen LogP contribution in [-0.4, -0.2) is 9.97 Å². The van der Waals surface area contributed by atoms with E-state index in [1.165, 1.54) is 22.3 Å². The van der Waals surface area contributed by atoms with Crippen molar-refractivity contribution in [1.29, 1.82) is 0 Å². The van der Waals surface area contributed by atoms with Gasteiger partial charge in [-0.2, -0.15) is 0 Å². The lowest BCUT2D eigenvalue weighted by Crippen LogP contribution is -2.16. The average Bonchev–Trinajstić information content (AvgIpc) is 3.65. The van der Waals surface area contributed by atoms with Crippen molar-refractivity contribution in [2.24, 2.45) is 0 Å². The van der Waals surface area contributed by atoms with Gasteiger partial charge >= 0.3 is 0 Å². The molecule has 0 saturated carbocycles. The Hall–Kier alpha value is -5.42. The Labute approximate surface area is 241 Å². The van der Waals surface area contributed by atoms with Crippen molar-refractivity contribution >= 4 is 61.2 Å². The smallest absolute Gasteiger partial charge is 0.227 e. The first-order chi connectivity index (χ1) is 20.6. The van der Waals surface area contributed by atoms with Crippen LogP contribution in [0.25, 0.3) is 55.3 Å². The number of anilines is 3. The third-order valence-corrected chi connectivity index (χ3v) is 8.81. The van der Waals surface area contributed by atoms with Gasteiger partial charge in [0.2, 0.25) is 11.4 Å². The first-order valence-corrected chi connectivity index (χ1v) is 14.2. The highest BCUT2D eigenvalue weighted by Crippen LogP contribution is 2.54. The number of hydrogen-bond acceptors (Lipinski definition) is 5. The Morgan fingerprint density at radius 2 is 1.26 bits per heavy atom. The summed E-state index contributed by atoms with van der Waals surface area (Å²) in [4.78, 5) is 11.3. The van der Waals surface area contributed by atoms with Crippen LogP contribution in [0.1, 0.15) is 25.0 Å². The number of pyridine rings is 2. The zero-order valence-corrected chi connectivity index (χ0v) is 23.1. The van der Waals surface area contributed by atoms with E-state index in [0.29, 0.717) is 11.4 Å². The Bertz CT molecular complexity index is 2360. The molecule has 0 radical (unpaired) electrons. The van der Waals surface area contributed by atoms with Crippen molar-refractivity contribution in [3.63, 3.8) is 0 Å². The maximum Gasteiger partial charge on any atom is 0.227 e. The van der Waals surface area contributed by atoms with Crippen molar-refractivity contribution in [2.45, 2.75) is 19.3 Å². The van der Waals surface area contributed by atoms with E-state index in [0.717, 1.165) is 49.8 Å². The summed E-state index contributed by atoms with van der Waals surface area (Å²) in [5, 5.41) is 4.09. The summed E-state index contributed by atoms with van der Waals surface area (Å²) in [7, 11) is 0. The highest BCUT2D eigenvalue weighted by atomic mass is 16.3. The van der Waals surface area contributed by atoms with E-state index in [4.69, 9.17) is 8.83 Å². The zero-order valence-electron chi connectivity index (χ0n) is 23.1. The predicted octanol–water partition coefficient (Wildman–Crippen LogP) is 10.1. The van der Waals surface area contributed by atoms with Crippen LogP contribution in [0.2, 0.25) is 0 Å². The summed E-state index contributed by atoms with van der Waals surface area (Å²) >= 11 is 0. The first kappa shape index (κ1) is 23.3. The Morgan fingerprint density at radius 1 is 0.571 bits per heavy atom. The second-order valence-corrected chi connectivity index (χ2v) is 11.5. The molecule has 5 heteroatoms. The van der Waals surface area contributed by atoms with Gasteiger partial charge in [0, 0.05) is 62.4 Å². The molecule has 0 atom stereocenters. The van der Waals surface area contributed by atoms with Crippen molar-refractivity contribution in [3.05, 3.63) is 127 Å². The number of fused-ring (bicyclic) bond motifs is 9. The molecule has 4 aromatic carbocycles. The lowest BCUT2D eigenvalue weighted by Gasteiger charge is -2.29. The molecule has 0 amide bonds. The molecule has 0 bridgehead atoms. The molecule has 8 aromatic rings. The Balaban J connectivity index is 1.35. The maximum absolute atomic E-state index is 6.25. The van der Waals surface area contributed by atoms with Crippen molar-refractivity contribution < 1.29 is 8.83 Å². The normalized spacial score (nSPS) is 13.7. The van der Waals surface area contributed by atoms with Gasteiger partial charge in [0.25, 0.3) is 0 Å². The fourth-order valence-electron chi connectivity index (χ4n) is 6.82. The molecule has 42 heavy (non-hydrogen) atoms. The van der Waals surface area contributed by atoms with Crippen molar-refractivity contribution in [1.82, 2.24) is 9.97 Å². The van der Waals surface area contributed by atoms with E-state index in [1.807, 2.05) is 18.2 Å². The fraction of sp³-hybridized carbons (Fsp3) is 0.0811. The highest BCUT2D eigenvalue weighted by molar-refractivity contribution is 6.07. The molecule has 1 aliphatic carbocycles. The van der Waals surface area contributed by atoms with Crippen LogP contribution in [0.4, 0.5) is 17.1 Å². The molecular formula is C37H25N3O2. The molecule has 200 valence electrons. The van der Waals surface area contributed by atoms with E-state index < -0.39 is 0 Å². The second-order valence-electron chi connectivity index (χ2n) is 11.5. The molecule has 9 rings (SSSR count). The lowest BCUT2D eigenvalue weighted by molar-refractivity contribution is 0.653. The largest absolute Gasteiger partial charge is 0.438 e. The highest BCUT2D eigenvalue weighted by Gasteiger charge is 2.37. The number of furan rings is 2. The lowest BCUT2D eigenvalue weighted by atomic mass is 9.82.